The van der Waals surface area contributed by atoms with Crippen LogP contribution in [0.25, 0.3) is 99.4 Å². The lowest BCUT2D eigenvalue weighted by molar-refractivity contribution is 0.795. The largest absolute Gasteiger partial charge is 0.0725 e. The molecule has 0 radical (unpaired) electrons. The Labute approximate surface area is 332 Å². The van der Waals surface area contributed by atoms with Crippen molar-refractivity contribution in [1.29, 1.82) is 0 Å². The summed E-state index contributed by atoms with van der Waals surface area (Å²) in [6.07, 6.45) is 0. The van der Waals surface area contributed by atoms with E-state index in [4.69, 9.17) is 0 Å². The van der Waals surface area contributed by atoms with Crippen molar-refractivity contribution in [3.05, 3.63) is 229 Å². The first-order chi connectivity index (χ1) is 28.3. The quantitative estimate of drug-likeness (QED) is 0.171. The van der Waals surface area contributed by atoms with E-state index in [1.54, 1.807) is 0 Å². The summed E-state index contributed by atoms with van der Waals surface area (Å²) in [5.41, 5.74) is 23.3. The summed E-state index contributed by atoms with van der Waals surface area (Å²) in [4.78, 5) is 0. The SMILES string of the molecule is c1ccc(-c2cccc(-c3ccccc3)c2-c2c3c(cc4ccccc24)-c2cc4c(c5cccc-3c25)-c2ccccc2C42c3ccccc3-c3ccccc32)cc1. The molecule has 0 saturated heterocycles. The van der Waals surface area contributed by atoms with E-state index < -0.39 is 5.41 Å². The van der Waals surface area contributed by atoms with E-state index in [1.807, 2.05) is 0 Å². The second-order valence-corrected chi connectivity index (χ2v) is 15.8. The first-order valence-corrected chi connectivity index (χ1v) is 20.0. The van der Waals surface area contributed by atoms with Crippen LogP contribution in [0.5, 0.6) is 0 Å². The molecule has 0 heteroatoms. The van der Waals surface area contributed by atoms with Gasteiger partial charge in [0.15, 0.2) is 0 Å². The fraction of sp³-hybridized carbons (Fsp3) is 0.0175. The molecule has 0 N–H and O–H groups in total. The number of fused-ring (bicyclic) bond motifs is 15. The van der Waals surface area contributed by atoms with Crippen molar-refractivity contribution in [2.45, 2.75) is 5.41 Å². The number of hydrogen-bond donors (Lipinski definition) is 0. The maximum absolute atomic E-state index is 2.60. The van der Waals surface area contributed by atoms with Gasteiger partial charge in [-0.3, -0.25) is 0 Å². The Morgan fingerprint density at radius 1 is 0.246 bits per heavy atom. The molecule has 0 amide bonds. The Hall–Kier alpha value is -7.28. The van der Waals surface area contributed by atoms with Gasteiger partial charge in [-0.25, -0.2) is 0 Å². The monoisotopic (exact) mass is 718 g/mol. The standard InChI is InChI=1S/C57H34/c1-3-17-35(18-4-1)38-26-15-27-39(36-19-5-2-6-20-36)54(38)56-40-22-8-7-21-37(40)33-46-47-34-51-53(44-28-16-29-45(52(44)47)55(46)56)43-25-11-14-32-50(43)57(51)48-30-12-9-23-41(48)42-24-10-13-31-49(42)57/h1-34H. The second-order valence-electron chi connectivity index (χ2n) is 15.8. The average Bonchev–Trinajstić information content (AvgIpc) is 3.88. The van der Waals surface area contributed by atoms with Gasteiger partial charge in [0, 0.05) is 0 Å². The lowest BCUT2D eigenvalue weighted by atomic mass is 9.70. The molecule has 3 aliphatic rings. The molecule has 0 fully saturated rings. The highest BCUT2D eigenvalue weighted by molar-refractivity contribution is 6.27. The molecule has 10 aromatic carbocycles. The van der Waals surface area contributed by atoms with Crippen molar-refractivity contribution < 1.29 is 0 Å². The summed E-state index contributed by atoms with van der Waals surface area (Å²) in [6.45, 7) is 0. The van der Waals surface area contributed by atoms with Gasteiger partial charge in [0.2, 0.25) is 0 Å². The van der Waals surface area contributed by atoms with Gasteiger partial charge in [-0.2, -0.15) is 0 Å². The number of rotatable bonds is 3. The van der Waals surface area contributed by atoms with Gasteiger partial charge in [-0.15, -0.1) is 0 Å². The summed E-state index contributed by atoms with van der Waals surface area (Å²) in [6, 6.07) is 77.4. The Morgan fingerprint density at radius 3 is 1.40 bits per heavy atom. The number of benzene rings is 10. The van der Waals surface area contributed by atoms with Gasteiger partial charge in [-0.1, -0.05) is 194 Å². The van der Waals surface area contributed by atoms with E-state index >= 15 is 0 Å². The molecular weight excluding hydrogens is 685 g/mol. The normalized spacial score (nSPS) is 13.4. The van der Waals surface area contributed by atoms with Crippen LogP contribution in [0.15, 0.2) is 206 Å². The Morgan fingerprint density at radius 2 is 0.737 bits per heavy atom. The zero-order valence-electron chi connectivity index (χ0n) is 31.1. The van der Waals surface area contributed by atoms with Crippen LogP contribution in [0.1, 0.15) is 22.3 Å². The van der Waals surface area contributed by atoms with Crippen molar-refractivity contribution in [3.8, 4) is 77.9 Å². The minimum atomic E-state index is -0.414. The zero-order valence-corrected chi connectivity index (χ0v) is 31.1. The highest BCUT2D eigenvalue weighted by Crippen LogP contribution is 2.66. The highest BCUT2D eigenvalue weighted by Gasteiger charge is 2.52. The fourth-order valence-corrected chi connectivity index (χ4v) is 11.1. The van der Waals surface area contributed by atoms with Crippen LogP contribution in [0.2, 0.25) is 0 Å². The van der Waals surface area contributed by atoms with Crippen molar-refractivity contribution in [1.82, 2.24) is 0 Å². The summed E-state index contributed by atoms with van der Waals surface area (Å²) in [5, 5.41) is 5.21. The summed E-state index contributed by atoms with van der Waals surface area (Å²) in [7, 11) is 0. The van der Waals surface area contributed by atoms with E-state index in [-0.39, 0.29) is 0 Å². The molecular formula is C57H34. The van der Waals surface area contributed by atoms with Crippen LogP contribution < -0.4 is 0 Å². The third-order valence-corrected chi connectivity index (χ3v) is 13.2. The van der Waals surface area contributed by atoms with Gasteiger partial charge in [-0.05, 0) is 134 Å². The fourth-order valence-electron chi connectivity index (χ4n) is 11.1. The molecule has 0 aromatic heterocycles. The van der Waals surface area contributed by atoms with Gasteiger partial charge in [0.05, 0.1) is 5.41 Å². The van der Waals surface area contributed by atoms with Crippen LogP contribution in [0.4, 0.5) is 0 Å². The molecule has 0 saturated carbocycles. The summed E-state index contributed by atoms with van der Waals surface area (Å²) < 4.78 is 0. The molecule has 0 atom stereocenters. The van der Waals surface area contributed by atoms with Crippen LogP contribution in [0.3, 0.4) is 0 Å². The summed E-state index contributed by atoms with van der Waals surface area (Å²) in [5.74, 6) is 0. The van der Waals surface area contributed by atoms with Crippen molar-refractivity contribution in [3.63, 3.8) is 0 Å². The average molecular weight is 719 g/mol. The molecule has 262 valence electrons. The van der Waals surface area contributed by atoms with Crippen LogP contribution in [0, 0.1) is 0 Å². The topological polar surface area (TPSA) is 0 Å². The minimum absolute atomic E-state index is 0.414. The van der Waals surface area contributed by atoms with E-state index in [2.05, 4.69) is 206 Å². The molecule has 0 nitrogen and oxygen atoms in total. The third-order valence-electron chi connectivity index (χ3n) is 13.2. The van der Waals surface area contributed by atoms with Gasteiger partial charge < -0.3 is 0 Å². The molecule has 0 bridgehead atoms. The molecule has 3 aliphatic carbocycles. The second kappa shape index (κ2) is 11.4. The minimum Gasteiger partial charge on any atom is -0.0622 e. The molecule has 0 aliphatic heterocycles. The van der Waals surface area contributed by atoms with E-state index in [1.165, 1.54) is 122 Å². The van der Waals surface area contributed by atoms with Gasteiger partial charge >= 0.3 is 0 Å². The Kier molecular flexibility index (Phi) is 6.19. The smallest absolute Gasteiger partial charge is 0.0622 e. The van der Waals surface area contributed by atoms with Crippen molar-refractivity contribution >= 4 is 21.5 Å². The van der Waals surface area contributed by atoms with Crippen molar-refractivity contribution in [2.75, 3.05) is 0 Å². The van der Waals surface area contributed by atoms with E-state index in [0.29, 0.717) is 0 Å². The van der Waals surface area contributed by atoms with Crippen LogP contribution in [-0.2, 0) is 5.41 Å². The van der Waals surface area contributed by atoms with Crippen LogP contribution in [-0.4, -0.2) is 0 Å². The van der Waals surface area contributed by atoms with Gasteiger partial charge in [0.25, 0.3) is 0 Å². The van der Waals surface area contributed by atoms with E-state index in [9.17, 15) is 0 Å². The maximum atomic E-state index is 2.60. The third kappa shape index (κ3) is 3.92. The molecule has 1 spiro atoms. The molecule has 57 heavy (non-hydrogen) atoms. The lowest BCUT2D eigenvalue weighted by Crippen LogP contribution is -2.25. The zero-order chi connectivity index (χ0) is 37.2. The molecule has 10 aromatic rings. The molecule has 0 unspecified atom stereocenters. The summed E-state index contributed by atoms with van der Waals surface area (Å²) >= 11 is 0. The Bertz CT molecular complexity index is 3230. The first-order valence-electron chi connectivity index (χ1n) is 20.0. The first kappa shape index (κ1) is 31.0. The van der Waals surface area contributed by atoms with Gasteiger partial charge in [0.1, 0.15) is 0 Å². The maximum Gasteiger partial charge on any atom is 0.0725 e. The molecule has 13 rings (SSSR count). The predicted octanol–water partition coefficient (Wildman–Crippen LogP) is 15.0. The van der Waals surface area contributed by atoms with Crippen molar-refractivity contribution in [2.24, 2.45) is 0 Å². The lowest BCUT2D eigenvalue weighted by Gasteiger charge is -2.30. The highest BCUT2D eigenvalue weighted by atomic mass is 14.5. The molecule has 0 heterocycles. The predicted molar refractivity (Wildman–Crippen MR) is 238 cm³/mol. The van der Waals surface area contributed by atoms with Crippen LogP contribution >= 0.6 is 0 Å². The Balaban J connectivity index is 1.20. The number of hydrogen-bond acceptors (Lipinski definition) is 0. The van der Waals surface area contributed by atoms with E-state index in [0.717, 1.165) is 0 Å².